The summed E-state index contributed by atoms with van der Waals surface area (Å²) in [6, 6.07) is 0. The summed E-state index contributed by atoms with van der Waals surface area (Å²) >= 11 is 0. The topological polar surface area (TPSA) is 54.4 Å². The summed E-state index contributed by atoms with van der Waals surface area (Å²) in [6.07, 6.45) is 8.42. The summed E-state index contributed by atoms with van der Waals surface area (Å²) in [5.74, 6) is -1.30. The summed E-state index contributed by atoms with van der Waals surface area (Å²) in [5.41, 5.74) is 0. The maximum atomic E-state index is 10.7. The van der Waals surface area contributed by atoms with Gasteiger partial charge in [-0.05, 0) is 6.42 Å². The molecule has 0 saturated heterocycles. The summed E-state index contributed by atoms with van der Waals surface area (Å²) in [7, 11) is 0. The zero-order valence-electron chi connectivity index (χ0n) is 9.58. The molecule has 88 valence electrons. The zero-order valence-corrected chi connectivity index (χ0v) is 9.58. The number of carboxylic acids is 1. The van der Waals surface area contributed by atoms with Crippen LogP contribution in [0.5, 0.6) is 0 Å². The van der Waals surface area contributed by atoms with Gasteiger partial charge in [-0.2, -0.15) is 0 Å². The number of hydrogen-bond acceptors (Lipinski definition) is 2. The van der Waals surface area contributed by atoms with E-state index >= 15 is 0 Å². The van der Waals surface area contributed by atoms with Gasteiger partial charge in [0.2, 0.25) is 0 Å². The van der Waals surface area contributed by atoms with E-state index in [1.54, 1.807) is 0 Å². The molecule has 15 heavy (non-hydrogen) atoms. The Balaban J connectivity index is 3.45. The predicted octanol–water partition coefficient (Wildman–Crippen LogP) is 3.03. The molecule has 0 aromatic rings. The smallest absolute Gasteiger partial charge is 0.306 e. The molecule has 1 unspecified atom stereocenters. The largest absolute Gasteiger partial charge is 0.481 e. The van der Waals surface area contributed by atoms with E-state index in [2.05, 4.69) is 6.92 Å². The van der Waals surface area contributed by atoms with Crippen molar-refractivity contribution in [2.24, 2.45) is 5.92 Å². The van der Waals surface area contributed by atoms with Crippen LogP contribution in [0.1, 0.15) is 58.3 Å². The van der Waals surface area contributed by atoms with E-state index in [4.69, 9.17) is 5.11 Å². The van der Waals surface area contributed by atoms with Crippen LogP contribution >= 0.6 is 0 Å². The Hall–Kier alpha value is -0.860. The molecule has 0 spiro atoms. The van der Waals surface area contributed by atoms with Crippen molar-refractivity contribution < 1.29 is 14.7 Å². The average molecular weight is 214 g/mol. The highest BCUT2D eigenvalue weighted by Gasteiger charge is 2.15. The number of unbranched alkanes of at least 4 members (excludes halogenated alkanes) is 5. The number of aliphatic carboxylic acids is 1. The highest BCUT2D eigenvalue weighted by Crippen LogP contribution is 2.14. The van der Waals surface area contributed by atoms with E-state index in [0.29, 0.717) is 12.7 Å². The second-order valence-corrected chi connectivity index (χ2v) is 3.99. The molecule has 0 amide bonds. The predicted molar refractivity (Wildman–Crippen MR) is 59.8 cm³/mol. The van der Waals surface area contributed by atoms with Gasteiger partial charge >= 0.3 is 5.97 Å². The molecular formula is C12H22O3. The Morgan fingerprint density at radius 3 is 2.33 bits per heavy atom. The summed E-state index contributed by atoms with van der Waals surface area (Å²) in [6.45, 7) is 2.17. The van der Waals surface area contributed by atoms with Crippen LogP contribution in [0.15, 0.2) is 0 Å². The Bertz CT molecular complexity index is 178. The third kappa shape index (κ3) is 8.16. The van der Waals surface area contributed by atoms with Crippen LogP contribution in [0.3, 0.4) is 0 Å². The molecule has 3 heteroatoms. The zero-order chi connectivity index (χ0) is 11.5. The van der Waals surface area contributed by atoms with E-state index in [9.17, 15) is 9.59 Å². The molecule has 0 radical (unpaired) electrons. The second-order valence-electron chi connectivity index (χ2n) is 3.99. The number of carbonyl (C=O) groups is 2. The van der Waals surface area contributed by atoms with Crippen molar-refractivity contribution >= 4 is 12.3 Å². The fraction of sp³-hybridized carbons (Fsp3) is 0.833. The van der Waals surface area contributed by atoms with Crippen LogP contribution < -0.4 is 0 Å². The molecule has 1 N–H and O–H groups in total. The average Bonchev–Trinajstić information content (AvgIpc) is 2.21. The van der Waals surface area contributed by atoms with Crippen LogP contribution in [0.2, 0.25) is 0 Å². The lowest BCUT2D eigenvalue weighted by molar-refractivity contribution is -0.143. The van der Waals surface area contributed by atoms with E-state index in [1.165, 1.54) is 25.7 Å². The Morgan fingerprint density at radius 1 is 1.20 bits per heavy atom. The van der Waals surface area contributed by atoms with Gasteiger partial charge in [-0.1, -0.05) is 45.4 Å². The number of carbonyl (C=O) groups excluding carboxylic acids is 1. The van der Waals surface area contributed by atoms with Crippen LogP contribution in [0, 0.1) is 5.92 Å². The van der Waals surface area contributed by atoms with Gasteiger partial charge in [0.1, 0.15) is 6.29 Å². The first-order chi connectivity index (χ1) is 7.22. The quantitative estimate of drug-likeness (QED) is 0.449. The molecule has 0 aliphatic rings. The van der Waals surface area contributed by atoms with E-state index in [0.717, 1.165) is 12.8 Å². The molecule has 0 aliphatic carbocycles. The molecule has 0 aliphatic heterocycles. The fourth-order valence-corrected chi connectivity index (χ4v) is 1.63. The molecule has 1 atom stereocenters. The third-order valence-electron chi connectivity index (χ3n) is 2.64. The molecule has 3 nitrogen and oxygen atoms in total. The summed E-state index contributed by atoms with van der Waals surface area (Å²) in [5, 5.41) is 8.79. The van der Waals surface area contributed by atoms with Gasteiger partial charge in [0.05, 0.1) is 5.92 Å². The molecule has 0 bridgehead atoms. The van der Waals surface area contributed by atoms with Crippen LogP contribution in [-0.2, 0) is 9.59 Å². The van der Waals surface area contributed by atoms with Crippen LogP contribution in [0.4, 0.5) is 0 Å². The van der Waals surface area contributed by atoms with Crippen molar-refractivity contribution in [3.63, 3.8) is 0 Å². The Morgan fingerprint density at radius 2 is 1.80 bits per heavy atom. The molecule has 0 rings (SSSR count). The molecule has 0 aromatic carbocycles. The van der Waals surface area contributed by atoms with Crippen molar-refractivity contribution in [2.75, 3.05) is 0 Å². The molecule has 0 heterocycles. The monoisotopic (exact) mass is 214 g/mol. The van der Waals surface area contributed by atoms with Gasteiger partial charge in [-0.3, -0.25) is 4.79 Å². The molecule has 0 fully saturated rings. The Kier molecular flexibility index (Phi) is 9.13. The third-order valence-corrected chi connectivity index (χ3v) is 2.64. The molecule has 0 aromatic heterocycles. The minimum Gasteiger partial charge on any atom is -0.481 e. The highest BCUT2D eigenvalue weighted by molar-refractivity contribution is 5.73. The lowest BCUT2D eigenvalue weighted by Gasteiger charge is -2.08. The van der Waals surface area contributed by atoms with E-state index < -0.39 is 11.9 Å². The van der Waals surface area contributed by atoms with Crippen molar-refractivity contribution in [3.05, 3.63) is 0 Å². The van der Waals surface area contributed by atoms with Gasteiger partial charge < -0.3 is 9.90 Å². The minimum atomic E-state index is -0.837. The van der Waals surface area contributed by atoms with Crippen molar-refractivity contribution in [3.8, 4) is 0 Å². The number of hydrogen-bond donors (Lipinski definition) is 1. The first kappa shape index (κ1) is 14.1. The van der Waals surface area contributed by atoms with Crippen molar-refractivity contribution in [1.82, 2.24) is 0 Å². The second kappa shape index (κ2) is 9.69. The fourth-order valence-electron chi connectivity index (χ4n) is 1.63. The molecular weight excluding hydrogens is 192 g/mol. The van der Waals surface area contributed by atoms with E-state index in [1.807, 2.05) is 0 Å². The van der Waals surface area contributed by atoms with Gasteiger partial charge in [0, 0.05) is 6.42 Å². The summed E-state index contributed by atoms with van der Waals surface area (Å²) < 4.78 is 0. The lowest BCUT2D eigenvalue weighted by atomic mass is 9.98. The Labute approximate surface area is 91.9 Å². The van der Waals surface area contributed by atoms with Crippen molar-refractivity contribution in [2.45, 2.75) is 58.3 Å². The minimum absolute atomic E-state index is 0.157. The number of aldehydes is 1. The van der Waals surface area contributed by atoms with Gasteiger partial charge in [0.25, 0.3) is 0 Å². The lowest BCUT2D eigenvalue weighted by Crippen LogP contribution is -2.13. The first-order valence-corrected chi connectivity index (χ1v) is 5.88. The summed E-state index contributed by atoms with van der Waals surface area (Å²) in [4.78, 5) is 20.9. The SMILES string of the molecule is CCCCCCCCC(CC=O)C(=O)O. The van der Waals surface area contributed by atoms with E-state index in [-0.39, 0.29) is 6.42 Å². The van der Waals surface area contributed by atoms with Crippen LogP contribution in [-0.4, -0.2) is 17.4 Å². The number of rotatable bonds is 10. The van der Waals surface area contributed by atoms with Gasteiger partial charge in [-0.25, -0.2) is 0 Å². The molecule has 0 saturated carbocycles. The highest BCUT2D eigenvalue weighted by atomic mass is 16.4. The van der Waals surface area contributed by atoms with Crippen LogP contribution in [0.25, 0.3) is 0 Å². The van der Waals surface area contributed by atoms with Crippen molar-refractivity contribution in [1.29, 1.82) is 0 Å². The first-order valence-electron chi connectivity index (χ1n) is 5.88. The maximum Gasteiger partial charge on any atom is 0.306 e. The van der Waals surface area contributed by atoms with Gasteiger partial charge in [-0.15, -0.1) is 0 Å². The standard InChI is InChI=1S/C12H22O3/c1-2-3-4-5-6-7-8-11(9-10-13)12(14)15/h10-11H,2-9H2,1H3,(H,14,15). The number of carboxylic acid groups (broad SMARTS) is 1. The maximum absolute atomic E-state index is 10.7. The normalized spacial score (nSPS) is 12.3. The van der Waals surface area contributed by atoms with Gasteiger partial charge in [0.15, 0.2) is 0 Å².